The zero-order chi connectivity index (χ0) is 23.8. The van der Waals surface area contributed by atoms with Crippen LogP contribution in [0.3, 0.4) is 0 Å². The molecule has 4 aromatic rings. The molecule has 0 saturated heterocycles. The minimum atomic E-state index is -0.758. The van der Waals surface area contributed by atoms with Crippen LogP contribution in [-0.4, -0.2) is 28.0 Å². The highest BCUT2D eigenvalue weighted by Gasteiger charge is 2.21. The average molecular weight is 477 g/mol. The van der Waals surface area contributed by atoms with Crippen molar-refractivity contribution in [3.05, 3.63) is 78.9 Å². The number of benzene rings is 2. The summed E-state index contributed by atoms with van der Waals surface area (Å²) in [6.07, 6.45) is 4.08. The van der Waals surface area contributed by atoms with Gasteiger partial charge in [0.15, 0.2) is 11.5 Å². The number of non-ortho nitro benzene ring substituents is 1. The first-order chi connectivity index (χ1) is 16.4. The van der Waals surface area contributed by atoms with Gasteiger partial charge in [0.25, 0.3) is 11.2 Å². The van der Waals surface area contributed by atoms with Crippen molar-refractivity contribution in [3.63, 3.8) is 0 Å². The molecule has 2 heterocycles. The molecular formula is C24H19N3O6S. The molecule has 0 spiro atoms. The third kappa shape index (κ3) is 3.92. The Morgan fingerprint density at radius 1 is 1.15 bits per heavy atom. The van der Waals surface area contributed by atoms with Crippen molar-refractivity contribution in [2.75, 3.05) is 7.11 Å². The van der Waals surface area contributed by atoms with Crippen LogP contribution in [-0.2, 0) is 12.8 Å². The van der Waals surface area contributed by atoms with E-state index in [1.54, 1.807) is 23.5 Å². The van der Waals surface area contributed by atoms with Crippen LogP contribution in [0, 0.1) is 10.1 Å². The average Bonchev–Trinajstić information content (AvgIpc) is 3.23. The molecule has 1 aliphatic rings. The van der Waals surface area contributed by atoms with Crippen molar-refractivity contribution in [1.82, 2.24) is 9.97 Å². The maximum atomic E-state index is 12.9. The molecule has 0 aliphatic heterocycles. The number of hydrogen-bond acceptors (Lipinski definition) is 8. The summed E-state index contributed by atoms with van der Waals surface area (Å²) in [6.45, 7) is 0. The number of nitrogens with zero attached hydrogens (tertiary/aromatic N) is 2. The summed E-state index contributed by atoms with van der Waals surface area (Å²) in [6, 6.07) is 10.1. The van der Waals surface area contributed by atoms with Crippen LogP contribution in [0.15, 0.2) is 47.3 Å². The second kappa shape index (κ2) is 8.71. The van der Waals surface area contributed by atoms with E-state index in [4.69, 9.17) is 9.47 Å². The molecule has 5 rings (SSSR count). The number of esters is 1. The van der Waals surface area contributed by atoms with Gasteiger partial charge in [0.1, 0.15) is 10.7 Å². The van der Waals surface area contributed by atoms with Gasteiger partial charge >= 0.3 is 5.97 Å². The fourth-order valence-corrected chi connectivity index (χ4v) is 5.37. The Hall–Kier alpha value is -4.05. The molecule has 0 unspecified atom stereocenters. The van der Waals surface area contributed by atoms with E-state index >= 15 is 0 Å². The van der Waals surface area contributed by atoms with Crippen molar-refractivity contribution < 1.29 is 19.2 Å². The van der Waals surface area contributed by atoms with E-state index in [-0.39, 0.29) is 28.3 Å². The minimum absolute atomic E-state index is 0.0402. The molecule has 0 atom stereocenters. The molecule has 0 radical (unpaired) electrons. The number of aromatic nitrogens is 2. The van der Waals surface area contributed by atoms with Crippen LogP contribution in [0.2, 0.25) is 0 Å². The van der Waals surface area contributed by atoms with E-state index in [9.17, 15) is 19.7 Å². The summed E-state index contributed by atoms with van der Waals surface area (Å²) in [4.78, 5) is 45.3. The molecule has 34 heavy (non-hydrogen) atoms. The lowest BCUT2D eigenvalue weighted by Crippen LogP contribution is -2.11. The van der Waals surface area contributed by atoms with Crippen molar-refractivity contribution >= 4 is 33.2 Å². The van der Waals surface area contributed by atoms with Crippen LogP contribution in [0.1, 0.15) is 33.6 Å². The first-order valence-corrected chi connectivity index (χ1v) is 11.5. The highest BCUT2D eigenvalue weighted by atomic mass is 32.1. The summed E-state index contributed by atoms with van der Waals surface area (Å²) >= 11 is 1.57. The third-order valence-electron chi connectivity index (χ3n) is 5.76. The number of carbonyl (C=O) groups excluding carboxylic acids is 1. The van der Waals surface area contributed by atoms with E-state index in [0.717, 1.165) is 37.3 Å². The monoisotopic (exact) mass is 477 g/mol. The first-order valence-electron chi connectivity index (χ1n) is 10.6. The molecule has 172 valence electrons. The molecular weight excluding hydrogens is 458 g/mol. The van der Waals surface area contributed by atoms with Crippen LogP contribution in [0.5, 0.6) is 11.5 Å². The molecule has 9 nitrogen and oxygen atoms in total. The topological polar surface area (TPSA) is 124 Å². The number of nitro benzene ring substituents is 1. The summed E-state index contributed by atoms with van der Waals surface area (Å²) in [5, 5.41) is 11.7. The Balaban J connectivity index is 1.47. The fourth-order valence-electron chi connectivity index (χ4n) is 4.11. The Labute approximate surface area is 197 Å². The van der Waals surface area contributed by atoms with Crippen LogP contribution in [0.4, 0.5) is 5.69 Å². The van der Waals surface area contributed by atoms with Gasteiger partial charge in [0.2, 0.25) is 0 Å². The number of carbonyl (C=O) groups is 1. The van der Waals surface area contributed by atoms with Crippen molar-refractivity contribution in [3.8, 4) is 22.9 Å². The summed E-state index contributed by atoms with van der Waals surface area (Å²) in [5.74, 6) is 0.0279. The maximum absolute atomic E-state index is 12.9. The number of aromatic amines is 1. The van der Waals surface area contributed by atoms with Gasteiger partial charge in [-0.3, -0.25) is 14.9 Å². The Bertz CT molecular complexity index is 1510. The van der Waals surface area contributed by atoms with Crippen LogP contribution < -0.4 is 15.0 Å². The van der Waals surface area contributed by atoms with E-state index < -0.39 is 10.9 Å². The van der Waals surface area contributed by atoms with Gasteiger partial charge in [-0.25, -0.2) is 9.78 Å². The number of fused-ring (bicyclic) bond motifs is 3. The molecule has 0 bridgehead atoms. The number of methoxy groups -OCH3 is 1. The minimum Gasteiger partial charge on any atom is -0.493 e. The summed E-state index contributed by atoms with van der Waals surface area (Å²) < 4.78 is 10.8. The van der Waals surface area contributed by atoms with Crippen LogP contribution in [0.25, 0.3) is 21.6 Å². The van der Waals surface area contributed by atoms with Crippen molar-refractivity contribution in [1.29, 1.82) is 0 Å². The van der Waals surface area contributed by atoms with Crippen molar-refractivity contribution in [2.45, 2.75) is 25.7 Å². The maximum Gasteiger partial charge on any atom is 0.343 e. The Kier molecular flexibility index (Phi) is 5.58. The molecule has 10 heteroatoms. The number of ether oxygens (including phenoxy) is 2. The SMILES string of the molecule is COc1cc(-c2nc3sc4c(c3c(=O)[nH]2)CCCC4)ccc1OC(=O)c1cccc([N+](=O)[O-])c1. The highest BCUT2D eigenvalue weighted by molar-refractivity contribution is 7.18. The summed E-state index contributed by atoms with van der Waals surface area (Å²) in [5.41, 5.74) is 1.38. The standard InChI is InChI=1S/C24H19N3O6S/c1-32-18-12-13(9-10-17(18)33-24(29)14-5-4-6-15(11-14)27(30)31)21-25-22(28)20-16-7-2-3-8-19(16)34-23(20)26-21/h4-6,9-12H,2-3,7-8H2,1H3,(H,25,26,28). The predicted molar refractivity (Wildman–Crippen MR) is 127 cm³/mol. The zero-order valence-electron chi connectivity index (χ0n) is 18.1. The Morgan fingerprint density at radius 2 is 1.97 bits per heavy atom. The van der Waals surface area contributed by atoms with E-state index in [1.165, 1.54) is 36.3 Å². The number of rotatable bonds is 5. The van der Waals surface area contributed by atoms with E-state index in [2.05, 4.69) is 9.97 Å². The predicted octanol–water partition coefficient (Wildman–Crippen LogP) is 4.67. The quantitative estimate of drug-likeness (QED) is 0.192. The fraction of sp³-hybridized carbons (Fsp3) is 0.208. The van der Waals surface area contributed by atoms with Gasteiger partial charge in [-0.2, -0.15) is 0 Å². The molecule has 1 aliphatic carbocycles. The number of nitro groups is 1. The van der Waals surface area contributed by atoms with E-state index in [0.29, 0.717) is 21.6 Å². The zero-order valence-corrected chi connectivity index (χ0v) is 18.9. The number of thiophene rings is 1. The lowest BCUT2D eigenvalue weighted by atomic mass is 9.97. The smallest absolute Gasteiger partial charge is 0.343 e. The van der Waals surface area contributed by atoms with Gasteiger partial charge in [-0.05, 0) is 55.5 Å². The molecule has 0 amide bonds. The van der Waals surface area contributed by atoms with Crippen molar-refractivity contribution in [2.24, 2.45) is 0 Å². The molecule has 0 saturated carbocycles. The van der Waals surface area contributed by atoms with Gasteiger partial charge in [-0.15, -0.1) is 11.3 Å². The van der Waals surface area contributed by atoms with E-state index in [1.807, 2.05) is 0 Å². The van der Waals surface area contributed by atoms with Gasteiger partial charge in [-0.1, -0.05) is 6.07 Å². The lowest BCUT2D eigenvalue weighted by Gasteiger charge is -2.11. The second-order valence-electron chi connectivity index (χ2n) is 7.87. The lowest BCUT2D eigenvalue weighted by molar-refractivity contribution is -0.384. The molecule has 2 aromatic heterocycles. The second-order valence-corrected chi connectivity index (χ2v) is 8.95. The molecule has 2 aromatic carbocycles. The van der Waals surface area contributed by atoms with Gasteiger partial charge < -0.3 is 14.5 Å². The van der Waals surface area contributed by atoms with Gasteiger partial charge in [0.05, 0.1) is 23.0 Å². The van der Waals surface area contributed by atoms with Crippen LogP contribution >= 0.6 is 11.3 Å². The highest BCUT2D eigenvalue weighted by Crippen LogP contribution is 2.36. The number of H-pyrrole nitrogens is 1. The van der Waals surface area contributed by atoms with Gasteiger partial charge in [0, 0.05) is 22.6 Å². The normalized spacial score (nSPS) is 12.9. The number of hydrogen-bond donors (Lipinski definition) is 1. The third-order valence-corrected chi connectivity index (χ3v) is 6.94. The number of nitrogens with one attached hydrogen (secondary N) is 1. The Morgan fingerprint density at radius 3 is 2.76 bits per heavy atom. The summed E-state index contributed by atoms with van der Waals surface area (Å²) in [7, 11) is 1.43. The first kappa shape index (κ1) is 21.8. The molecule has 0 fully saturated rings. The molecule has 1 N–H and O–H groups in total. The largest absolute Gasteiger partial charge is 0.493 e. The number of aryl methyl sites for hydroxylation is 2.